The van der Waals surface area contributed by atoms with Gasteiger partial charge in [0.1, 0.15) is 5.75 Å². The molecule has 130 valence electrons. The van der Waals surface area contributed by atoms with E-state index in [-0.39, 0.29) is 5.91 Å². The standard InChI is InChI=1S/C19H17N5O2/c1-26-14-4-2-3-12(5-14)7-22-19(25)16-11-21-18-6-17(20-10-15(16)18)13-8-23-24-9-13/h2-6,8-11,21H,7H2,1H3,(H,22,25)(H,23,24). The molecule has 0 spiro atoms. The van der Waals surface area contributed by atoms with Gasteiger partial charge in [-0.25, -0.2) is 0 Å². The van der Waals surface area contributed by atoms with E-state index >= 15 is 0 Å². The Labute approximate surface area is 149 Å². The van der Waals surface area contributed by atoms with Gasteiger partial charge in [-0.15, -0.1) is 0 Å². The molecule has 3 N–H and O–H groups in total. The van der Waals surface area contributed by atoms with E-state index in [4.69, 9.17) is 4.74 Å². The molecule has 0 aliphatic heterocycles. The second kappa shape index (κ2) is 6.72. The van der Waals surface area contributed by atoms with E-state index in [9.17, 15) is 4.79 Å². The van der Waals surface area contributed by atoms with Crippen molar-refractivity contribution in [2.24, 2.45) is 0 Å². The topological polar surface area (TPSA) is 95.7 Å². The Morgan fingerprint density at radius 3 is 2.96 bits per heavy atom. The summed E-state index contributed by atoms with van der Waals surface area (Å²) in [6, 6.07) is 9.51. The van der Waals surface area contributed by atoms with E-state index in [1.54, 1.807) is 31.9 Å². The molecule has 0 aliphatic rings. The van der Waals surface area contributed by atoms with E-state index < -0.39 is 0 Å². The number of nitrogens with zero attached hydrogens (tertiary/aromatic N) is 2. The fraction of sp³-hybridized carbons (Fsp3) is 0.105. The minimum atomic E-state index is -0.156. The fourth-order valence-corrected chi connectivity index (χ4v) is 2.81. The summed E-state index contributed by atoms with van der Waals surface area (Å²) in [5.74, 6) is 0.608. The second-order valence-corrected chi connectivity index (χ2v) is 5.84. The molecule has 4 rings (SSSR count). The summed E-state index contributed by atoms with van der Waals surface area (Å²) in [4.78, 5) is 20.1. The van der Waals surface area contributed by atoms with Gasteiger partial charge in [-0.05, 0) is 23.8 Å². The first kappa shape index (κ1) is 15.9. The average molecular weight is 347 g/mol. The van der Waals surface area contributed by atoms with Crippen molar-refractivity contribution in [3.8, 4) is 17.0 Å². The molecular formula is C19H17N5O2. The quantitative estimate of drug-likeness (QED) is 0.517. The number of benzene rings is 1. The van der Waals surface area contributed by atoms with Crippen molar-refractivity contribution in [3.05, 3.63) is 66.2 Å². The van der Waals surface area contributed by atoms with E-state index in [0.717, 1.165) is 33.5 Å². The van der Waals surface area contributed by atoms with Crippen LogP contribution >= 0.6 is 0 Å². The molecule has 0 radical (unpaired) electrons. The second-order valence-electron chi connectivity index (χ2n) is 5.84. The minimum absolute atomic E-state index is 0.156. The van der Waals surface area contributed by atoms with Crippen molar-refractivity contribution in [2.75, 3.05) is 7.11 Å². The van der Waals surface area contributed by atoms with Crippen molar-refractivity contribution in [3.63, 3.8) is 0 Å². The van der Waals surface area contributed by atoms with Crippen LogP contribution in [0.15, 0.2) is 55.1 Å². The summed E-state index contributed by atoms with van der Waals surface area (Å²) in [5.41, 5.74) is 4.07. The lowest BCUT2D eigenvalue weighted by molar-refractivity contribution is 0.0952. The number of pyridine rings is 1. The van der Waals surface area contributed by atoms with Gasteiger partial charge in [-0.1, -0.05) is 12.1 Å². The number of aromatic amines is 2. The van der Waals surface area contributed by atoms with Crippen LogP contribution in [0.1, 0.15) is 15.9 Å². The van der Waals surface area contributed by atoms with Crippen molar-refractivity contribution in [2.45, 2.75) is 6.54 Å². The van der Waals surface area contributed by atoms with Gasteiger partial charge in [0, 0.05) is 41.6 Å². The molecule has 0 saturated carbocycles. The molecule has 0 bridgehead atoms. The van der Waals surface area contributed by atoms with E-state index in [1.807, 2.05) is 30.3 Å². The fourth-order valence-electron chi connectivity index (χ4n) is 2.81. The average Bonchev–Trinajstić information content (AvgIpc) is 3.35. The summed E-state index contributed by atoms with van der Waals surface area (Å²) < 4.78 is 5.20. The van der Waals surface area contributed by atoms with Gasteiger partial charge in [0.15, 0.2) is 0 Å². The lowest BCUT2D eigenvalue weighted by Crippen LogP contribution is -2.22. The number of H-pyrrole nitrogens is 2. The zero-order chi connectivity index (χ0) is 17.9. The molecule has 7 heteroatoms. The number of hydrogen-bond acceptors (Lipinski definition) is 4. The number of nitrogens with one attached hydrogen (secondary N) is 3. The summed E-state index contributed by atoms with van der Waals surface area (Å²) in [6.45, 7) is 0.420. The predicted molar refractivity (Wildman–Crippen MR) is 97.8 cm³/mol. The molecule has 0 saturated heterocycles. The highest BCUT2D eigenvalue weighted by atomic mass is 16.5. The van der Waals surface area contributed by atoms with Crippen LogP contribution in [0, 0.1) is 0 Å². The normalized spacial score (nSPS) is 10.8. The van der Waals surface area contributed by atoms with Crippen LogP contribution in [-0.2, 0) is 6.54 Å². The molecule has 7 nitrogen and oxygen atoms in total. The van der Waals surface area contributed by atoms with Crippen molar-refractivity contribution in [1.29, 1.82) is 0 Å². The lowest BCUT2D eigenvalue weighted by Gasteiger charge is -2.06. The number of rotatable bonds is 5. The van der Waals surface area contributed by atoms with Crippen molar-refractivity contribution >= 4 is 16.8 Å². The zero-order valence-corrected chi connectivity index (χ0v) is 14.1. The van der Waals surface area contributed by atoms with Gasteiger partial charge in [-0.2, -0.15) is 5.10 Å². The maximum Gasteiger partial charge on any atom is 0.253 e. The molecule has 0 atom stereocenters. The van der Waals surface area contributed by atoms with Gasteiger partial charge in [0.25, 0.3) is 5.91 Å². The number of ether oxygens (including phenoxy) is 1. The highest BCUT2D eigenvalue weighted by Gasteiger charge is 2.13. The van der Waals surface area contributed by atoms with Crippen LogP contribution in [0.5, 0.6) is 5.75 Å². The highest BCUT2D eigenvalue weighted by molar-refractivity contribution is 6.06. The third kappa shape index (κ3) is 3.02. The molecule has 0 unspecified atom stereocenters. The third-order valence-electron chi connectivity index (χ3n) is 4.19. The van der Waals surface area contributed by atoms with Crippen LogP contribution in [0.25, 0.3) is 22.2 Å². The van der Waals surface area contributed by atoms with Gasteiger partial charge in [0.05, 0.1) is 24.6 Å². The van der Waals surface area contributed by atoms with Crippen LogP contribution in [-0.4, -0.2) is 33.2 Å². The maximum absolute atomic E-state index is 12.6. The first-order valence-electron chi connectivity index (χ1n) is 8.12. The van der Waals surface area contributed by atoms with E-state index in [1.165, 1.54) is 0 Å². The molecule has 1 aromatic carbocycles. The van der Waals surface area contributed by atoms with Gasteiger partial charge < -0.3 is 15.0 Å². The summed E-state index contributed by atoms with van der Waals surface area (Å²) in [7, 11) is 1.62. The monoisotopic (exact) mass is 347 g/mol. The SMILES string of the molecule is COc1cccc(CNC(=O)c2c[nH]c3cc(-c4cn[nH]c4)ncc23)c1. The minimum Gasteiger partial charge on any atom is -0.497 e. The molecule has 4 aromatic rings. The molecule has 26 heavy (non-hydrogen) atoms. The van der Waals surface area contributed by atoms with Gasteiger partial charge >= 0.3 is 0 Å². The van der Waals surface area contributed by atoms with Crippen LogP contribution in [0.3, 0.4) is 0 Å². The lowest BCUT2D eigenvalue weighted by atomic mass is 10.1. The molecule has 0 fully saturated rings. The highest BCUT2D eigenvalue weighted by Crippen LogP contribution is 2.23. The van der Waals surface area contributed by atoms with Crippen LogP contribution in [0.4, 0.5) is 0 Å². The molecular weight excluding hydrogens is 330 g/mol. The molecule has 1 amide bonds. The number of fused-ring (bicyclic) bond motifs is 1. The number of carbonyl (C=O) groups is 1. The number of aromatic nitrogens is 4. The number of carbonyl (C=O) groups excluding carboxylic acids is 1. The molecule has 0 aliphatic carbocycles. The smallest absolute Gasteiger partial charge is 0.253 e. The van der Waals surface area contributed by atoms with E-state index in [0.29, 0.717) is 12.1 Å². The van der Waals surface area contributed by atoms with Gasteiger partial charge in [-0.3, -0.25) is 14.9 Å². The summed E-state index contributed by atoms with van der Waals surface area (Å²) in [5, 5.41) is 10.4. The first-order valence-corrected chi connectivity index (χ1v) is 8.12. The maximum atomic E-state index is 12.6. The number of hydrogen-bond donors (Lipinski definition) is 3. The molecule has 3 heterocycles. The largest absolute Gasteiger partial charge is 0.497 e. The molecule has 3 aromatic heterocycles. The zero-order valence-electron chi connectivity index (χ0n) is 14.1. The van der Waals surface area contributed by atoms with Crippen molar-refractivity contribution in [1.82, 2.24) is 25.5 Å². The Hall–Kier alpha value is -3.61. The Bertz CT molecular complexity index is 1050. The van der Waals surface area contributed by atoms with E-state index in [2.05, 4.69) is 25.5 Å². The van der Waals surface area contributed by atoms with Crippen molar-refractivity contribution < 1.29 is 9.53 Å². The Balaban J connectivity index is 1.53. The first-order chi connectivity index (χ1) is 12.7. The summed E-state index contributed by atoms with van der Waals surface area (Å²) >= 11 is 0. The Morgan fingerprint density at radius 2 is 2.15 bits per heavy atom. The Kier molecular flexibility index (Phi) is 4.10. The van der Waals surface area contributed by atoms with Gasteiger partial charge in [0.2, 0.25) is 0 Å². The number of amides is 1. The van der Waals surface area contributed by atoms with Crippen LogP contribution < -0.4 is 10.1 Å². The summed E-state index contributed by atoms with van der Waals surface area (Å²) in [6.07, 6.45) is 6.89. The van der Waals surface area contributed by atoms with Crippen LogP contribution in [0.2, 0.25) is 0 Å². The number of methoxy groups -OCH3 is 1. The predicted octanol–water partition coefficient (Wildman–Crippen LogP) is 2.89. The third-order valence-corrected chi connectivity index (χ3v) is 4.19. The Morgan fingerprint density at radius 1 is 1.23 bits per heavy atom.